The molecule has 0 aromatic heterocycles. The zero-order valence-corrected chi connectivity index (χ0v) is 17.1. The van der Waals surface area contributed by atoms with Crippen molar-refractivity contribution in [3.63, 3.8) is 0 Å². The molecule has 160 valence electrons. The quantitative estimate of drug-likeness (QED) is 0.719. The Kier molecular flexibility index (Phi) is 5.56. The van der Waals surface area contributed by atoms with Crippen LogP contribution in [0.5, 0.6) is 0 Å². The molecule has 11 heteroatoms. The Bertz CT molecular complexity index is 1100. The highest BCUT2D eigenvalue weighted by Crippen LogP contribution is 2.53. The highest BCUT2D eigenvalue weighted by Gasteiger charge is 2.57. The van der Waals surface area contributed by atoms with Gasteiger partial charge in [0, 0.05) is 29.1 Å². The maximum atomic E-state index is 14.2. The zero-order valence-electron chi connectivity index (χ0n) is 15.5. The number of hydrogen-bond donors (Lipinski definition) is 2. The third kappa shape index (κ3) is 4.20. The lowest BCUT2D eigenvalue weighted by Crippen LogP contribution is -2.33. The van der Waals surface area contributed by atoms with Crippen molar-refractivity contribution >= 4 is 33.4 Å². The summed E-state index contributed by atoms with van der Waals surface area (Å²) in [5.41, 5.74) is -0.630. The number of carbonyl (C=O) groups is 1. The Morgan fingerprint density at radius 2 is 1.87 bits per heavy atom. The minimum atomic E-state index is -3.99. The zero-order chi connectivity index (χ0) is 21.5. The summed E-state index contributed by atoms with van der Waals surface area (Å²) in [6.07, 6.45) is 1.40. The van der Waals surface area contributed by atoms with E-state index in [1.807, 2.05) is 0 Å². The third-order valence-electron chi connectivity index (χ3n) is 5.09. The second kappa shape index (κ2) is 7.88. The number of sulfonamides is 1. The average Bonchev–Trinajstić information content (AvgIpc) is 3.34. The van der Waals surface area contributed by atoms with Crippen molar-refractivity contribution in [2.45, 2.75) is 28.5 Å². The fraction of sp³-hybridized carbons (Fsp3) is 0.316. The molecule has 1 saturated carbocycles. The first-order valence-electron chi connectivity index (χ1n) is 9.00. The Morgan fingerprint density at radius 1 is 1.10 bits per heavy atom. The molecule has 2 fully saturated rings. The van der Waals surface area contributed by atoms with E-state index < -0.39 is 38.9 Å². The number of anilines is 1. The number of ether oxygens (including phenoxy) is 1. The number of amides is 1. The van der Waals surface area contributed by atoms with E-state index in [1.54, 1.807) is 11.8 Å². The van der Waals surface area contributed by atoms with Gasteiger partial charge in [0.2, 0.25) is 10.0 Å². The van der Waals surface area contributed by atoms with Gasteiger partial charge in [-0.3, -0.25) is 4.79 Å². The molecule has 1 heterocycles. The molecule has 1 unspecified atom stereocenters. The van der Waals surface area contributed by atoms with E-state index in [4.69, 9.17) is 4.74 Å². The smallest absolute Gasteiger partial charge is 0.258 e. The SMILES string of the molecule is O=C(Nc1ccc(F)c(F)c1)c1cc(S(=O)(=O)NC2C[C@]23CCOCS3)ccc1F. The third-order valence-corrected chi connectivity index (χ3v) is 8.08. The Morgan fingerprint density at radius 3 is 2.57 bits per heavy atom. The second-order valence-electron chi connectivity index (χ2n) is 7.09. The summed E-state index contributed by atoms with van der Waals surface area (Å²) in [6.45, 7) is 0.566. The van der Waals surface area contributed by atoms with Gasteiger partial charge in [-0.1, -0.05) is 0 Å². The van der Waals surface area contributed by atoms with Crippen LogP contribution in [0.25, 0.3) is 0 Å². The van der Waals surface area contributed by atoms with Gasteiger partial charge in [-0.25, -0.2) is 26.3 Å². The average molecular weight is 458 g/mol. The van der Waals surface area contributed by atoms with E-state index in [9.17, 15) is 26.4 Å². The molecule has 2 atom stereocenters. The van der Waals surface area contributed by atoms with Gasteiger partial charge < -0.3 is 10.1 Å². The van der Waals surface area contributed by atoms with Crippen LogP contribution < -0.4 is 10.0 Å². The maximum Gasteiger partial charge on any atom is 0.258 e. The van der Waals surface area contributed by atoms with Gasteiger partial charge >= 0.3 is 0 Å². The molecule has 0 radical (unpaired) electrons. The van der Waals surface area contributed by atoms with Crippen LogP contribution in [-0.2, 0) is 14.8 Å². The van der Waals surface area contributed by atoms with Crippen LogP contribution in [0.4, 0.5) is 18.9 Å². The predicted octanol–water partition coefficient (Wildman–Crippen LogP) is 3.26. The molecule has 1 saturated heterocycles. The standard InChI is InChI=1S/C19H17F3N2O4S2/c20-14-4-2-12(30(26,27)24-17-9-19(17)5-6-28-10-29-19)8-13(14)18(25)23-11-1-3-15(21)16(22)7-11/h1-4,7-8,17,24H,5-6,9-10H2,(H,23,25)/t17?,19-/m1/s1. The molecule has 0 bridgehead atoms. The number of hydrogen-bond acceptors (Lipinski definition) is 5. The van der Waals surface area contributed by atoms with Gasteiger partial charge in [0.1, 0.15) is 5.82 Å². The van der Waals surface area contributed by atoms with Crippen LogP contribution in [0.2, 0.25) is 0 Å². The van der Waals surface area contributed by atoms with Crippen LogP contribution in [0.15, 0.2) is 41.3 Å². The number of thioether (sulfide) groups is 1. The molecule has 1 aliphatic carbocycles. The first kappa shape index (κ1) is 21.2. The molecule has 4 rings (SSSR count). The summed E-state index contributed by atoms with van der Waals surface area (Å²) in [6, 6.07) is 5.25. The predicted molar refractivity (Wildman–Crippen MR) is 105 cm³/mol. The lowest BCUT2D eigenvalue weighted by atomic mass is 10.2. The summed E-state index contributed by atoms with van der Waals surface area (Å²) >= 11 is 1.56. The van der Waals surface area contributed by atoms with E-state index in [2.05, 4.69) is 10.0 Å². The van der Waals surface area contributed by atoms with Crippen LogP contribution in [-0.4, -0.2) is 37.7 Å². The molecule has 1 spiro atoms. The number of benzene rings is 2. The molecule has 2 aliphatic rings. The molecular weight excluding hydrogens is 441 g/mol. The highest BCUT2D eigenvalue weighted by atomic mass is 32.2. The maximum absolute atomic E-state index is 14.2. The molecule has 1 aliphatic heterocycles. The van der Waals surface area contributed by atoms with Crippen LogP contribution in [0, 0.1) is 17.5 Å². The summed E-state index contributed by atoms with van der Waals surface area (Å²) in [5, 5.41) is 2.23. The molecule has 2 N–H and O–H groups in total. The van der Waals surface area contributed by atoms with Crippen molar-refractivity contribution < 1.29 is 31.1 Å². The van der Waals surface area contributed by atoms with E-state index in [0.29, 0.717) is 19.0 Å². The summed E-state index contributed by atoms with van der Waals surface area (Å²) < 4.78 is 73.7. The van der Waals surface area contributed by atoms with E-state index in [1.165, 1.54) is 0 Å². The lowest BCUT2D eigenvalue weighted by Gasteiger charge is -2.22. The first-order chi connectivity index (χ1) is 14.2. The Labute approximate surface area is 175 Å². The minimum Gasteiger partial charge on any atom is -0.371 e. The fourth-order valence-corrected chi connectivity index (χ4v) is 5.90. The largest absolute Gasteiger partial charge is 0.371 e. The highest BCUT2D eigenvalue weighted by molar-refractivity contribution is 8.01. The van der Waals surface area contributed by atoms with Crippen LogP contribution in [0.3, 0.4) is 0 Å². The number of nitrogens with one attached hydrogen (secondary N) is 2. The second-order valence-corrected chi connectivity index (χ2v) is 10.1. The van der Waals surface area contributed by atoms with Crippen molar-refractivity contribution in [3.8, 4) is 0 Å². The topological polar surface area (TPSA) is 84.5 Å². The van der Waals surface area contributed by atoms with Crippen LogP contribution in [0.1, 0.15) is 23.2 Å². The van der Waals surface area contributed by atoms with Crippen LogP contribution >= 0.6 is 11.8 Å². The molecule has 2 aromatic carbocycles. The molecule has 1 amide bonds. The van der Waals surface area contributed by atoms with Crippen molar-refractivity contribution in [2.75, 3.05) is 17.9 Å². The summed E-state index contributed by atoms with van der Waals surface area (Å²) in [4.78, 5) is 12.1. The van der Waals surface area contributed by atoms with Crippen molar-refractivity contribution in [2.24, 2.45) is 0 Å². The number of halogens is 3. The van der Waals surface area contributed by atoms with E-state index >= 15 is 0 Å². The number of carbonyl (C=O) groups excluding carboxylic acids is 1. The van der Waals surface area contributed by atoms with Gasteiger partial charge in [-0.15, -0.1) is 11.8 Å². The van der Waals surface area contributed by atoms with Gasteiger partial charge in [0.15, 0.2) is 11.6 Å². The van der Waals surface area contributed by atoms with Crippen molar-refractivity contribution in [1.82, 2.24) is 4.72 Å². The lowest BCUT2D eigenvalue weighted by molar-refractivity contribution is 0.102. The fourth-order valence-electron chi connectivity index (χ4n) is 3.28. The van der Waals surface area contributed by atoms with Crippen molar-refractivity contribution in [3.05, 3.63) is 59.4 Å². The molecule has 2 aromatic rings. The van der Waals surface area contributed by atoms with Gasteiger partial charge in [0.25, 0.3) is 5.91 Å². The summed E-state index contributed by atoms with van der Waals surface area (Å²) in [5.74, 6) is -3.71. The van der Waals surface area contributed by atoms with Gasteiger partial charge in [0.05, 0.1) is 16.4 Å². The number of rotatable bonds is 5. The normalized spacial score (nSPS) is 23.4. The Balaban J connectivity index is 1.52. The Hall–Kier alpha value is -2.08. The minimum absolute atomic E-state index is 0.0962. The monoisotopic (exact) mass is 458 g/mol. The molecule has 6 nitrogen and oxygen atoms in total. The van der Waals surface area contributed by atoms with E-state index in [0.717, 1.165) is 42.8 Å². The van der Waals surface area contributed by atoms with E-state index in [-0.39, 0.29) is 21.4 Å². The molecular formula is C19H17F3N2O4S2. The van der Waals surface area contributed by atoms with Gasteiger partial charge in [-0.2, -0.15) is 0 Å². The van der Waals surface area contributed by atoms with Crippen molar-refractivity contribution in [1.29, 1.82) is 0 Å². The molecule has 30 heavy (non-hydrogen) atoms. The van der Waals surface area contributed by atoms with Gasteiger partial charge in [-0.05, 0) is 43.2 Å². The summed E-state index contributed by atoms with van der Waals surface area (Å²) in [7, 11) is -3.99. The first-order valence-corrected chi connectivity index (χ1v) is 11.5.